The summed E-state index contributed by atoms with van der Waals surface area (Å²) in [6, 6.07) is 6.69. The zero-order valence-electron chi connectivity index (χ0n) is 12.6. The molecule has 0 N–H and O–H groups in total. The molecule has 3 heterocycles. The molecule has 23 heavy (non-hydrogen) atoms. The standard InChI is InChI=1S/C16H18N2O4S/c19-16(13-3-7-17-8-4-13)18-9-5-15(6-10-18)23(20,21)12-14-2-1-11-22-14/h1-4,7-8,11,15H,5-6,9-10,12H2. The summed E-state index contributed by atoms with van der Waals surface area (Å²) in [5.41, 5.74) is 0.580. The van der Waals surface area contributed by atoms with Crippen LogP contribution in [0.4, 0.5) is 0 Å². The Labute approximate surface area is 135 Å². The first-order chi connectivity index (χ1) is 11.1. The van der Waals surface area contributed by atoms with Crippen LogP contribution in [0.3, 0.4) is 0 Å². The predicted octanol–water partition coefficient (Wildman–Crippen LogP) is 1.89. The number of carbonyl (C=O) groups excluding carboxylic acids is 1. The van der Waals surface area contributed by atoms with Gasteiger partial charge in [0, 0.05) is 31.0 Å². The van der Waals surface area contributed by atoms with E-state index in [0.717, 1.165) is 0 Å². The van der Waals surface area contributed by atoms with E-state index in [1.54, 1.807) is 41.6 Å². The minimum absolute atomic E-state index is 0.0747. The predicted molar refractivity (Wildman–Crippen MR) is 84.5 cm³/mol. The topological polar surface area (TPSA) is 80.5 Å². The highest BCUT2D eigenvalue weighted by Crippen LogP contribution is 2.22. The van der Waals surface area contributed by atoms with E-state index in [-0.39, 0.29) is 11.7 Å². The summed E-state index contributed by atoms with van der Waals surface area (Å²) in [4.78, 5) is 17.9. The SMILES string of the molecule is O=C(c1ccncc1)N1CCC(S(=O)(=O)Cc2ccco2)CC1. The zero-order valence-corrected chi connectivity index (χ0v) is 13.4. The zero-order chi connectivity index (χ0) is 16.3. The lowest BCUT2D eigenvalue weighted by Crippen LogP contribution is -2.42. The molecule has 1 saturated heterocycles. The third kappa shape index (κ3) is 3.61. The molecule has 1 aliphatic heterocycles. The Hall–Kier alpha value is -2.15. The summed E-state index contributed by atoms with van der Waals surface area (Å²) in [6.45, 7) is 0.895. The van der Waals surface area contributed by atoms with Crippen LogP contribution in [0, 0.1) is 0 Å². The average Bonchev–Trinajstić information content (AvgIpc) is 3.07. The second kappa shape index (κ2) is 6.54. The van der Waals surface area contributed by atoms with Crippen molar-refractivity contribution in [3.8, 4) is 0 Å². The van der Waals surface area contributed by atoms with Gasteiger partial charge < -0.3 is 9.32 Å². The van der Waals surface area contributed by atoms with Crippen molar-refractivity contribution < 1.29 is 17.6 Å². The van der Waals surface area contributed by atoms with Crippen molar-refractivity contribution in [2.75, 3.05) is 13.1 Å². The Bertz CT molecular complexity index is 749. The van der Waals surface area contributed by atoms with Crippen LogP contribution in [0.1, 0.15) is 29.0 Å². The molecule has 6 nitrogen and oxygen atoms in total. The highest BCUT2D eigenvalue weighted by atomic mass is 32.2. The van der Waals surface area contributed by atoms with Crippen molar-refractivity contribution >= 4 is 15.7 Å². The fraction of sp³-hybridized carbons (Fsp3) is 0.375. The van der Waals surface area contributed by atoms with E-state index in [1.807, 2.05) is 0 Å². The number of nitrogens with zero attached hydrogens (tertiary/aromatic N) is 2. The number of hydrogen-bond donors (Lipinski definition) is 0. The van der Waals surface area contributed by atoms with E-state index < -0.39 is 15.1 Å². The largest absolute Gasteiger partial charge is 0.468 e. The lowest BCUT2D eigenvalue weighted by atomic mass is 10.1. The first-order valence-corrected chi connectivity index (χ1v) is 9.21. The average molecular weight is 334 g/mol. The maximum absolute atomic E-state index is 12.4. The second-order valence-electron chi connectivity index (χ2n) is 5.61. The van der Waals surface area contributed by atoms with Crippen LogP contribution in [0.15, 0.2) is 47.3 Å². The van der Waals surface area contributed by atoms with Gasteiger partial charge in [0.15, 0.2) is 9.84 Å². The Morgan fingerprint density at radius 1 is 1.22 bits per heavy atom. The molecule has 2 aromatic heterocycles. The van der Waals surface area contributed by atoms with Crippen molar-refractivity contribution in [2.45, 2.75) is 23.8 Å². The molecule has 0 bridgehead atoms. The number of carbonyl (C=O) groups is 1. The van der Waals surface area contributed by atoms with Gasteiger partial charge in [-0.25, -0.2) is 8.42 Å². The van der Waals surface area contributed by atoms with Crippen LogP contribution in [-0.2, 0) is 15.6 Å². The minimum Gasteiger partial charge on any atom is -0.468 e. The van der Waals surface area contributed by atoms with Gasteiger partial charge in [0.05, 0.1) is 11.5 Å². The number of piperidine rings is 1. The van der Waals surface area contributed by atoms with Crippen LogP contribution in [0.5, 0.6) is 0 Å². The summed E-state index contributed by atoms with van der Waals surface area (Å²) < 4.78 is 30.0. The Kier molecular flexibility index (Phi) is 4.47. The number of likely N-dealkylation sites (tertiary alicyclic amines) is 1. The Morgan fingerprint density at radius 3 is 2.52 bits per heavy atom. The molecule has 7 heteroatoms. The van der Waals surface area contributed by atoms with Gasteiger partial charge >= 0.3 is 0 Å². The van der Waals surface area contributed by atoms with Crippen molar-refractivity contribution in [3.63, 3.8) is 0 Å². The van der Waals surface area contributed by atoms with Gasteiger partial charge in [-0.3, -0.25) is 9.78 Å². The first-order valence-electron chi connectivity index (χ1n) is 7.49. The van der Waals surface area contributed by atoms with E-state index in [1.165, 1.54) is 6.26 Å². The number of amides is 1. The fourth-order valence-electron chi connectivity index (χ4n) is 2.81. The van der Waals surface area contributed by atoms with Gasteiger partial charge in [0.1, 0.15) is 11.5 Å². The Balaban J connectivity index is 1.61. The summed E-state index contributed by atoms with van der Waals surface area (Å²) >= 11 is 0. The highest BCUT2D eigenvalue weighted by Gasteiger charge is 2.32. The van der Waals surface area contributed by atoms with Gasteiger partial charge in [-0.15, -0.1) is 0 Å². The number of pyridine rings is 1. The van der Waals surface area contributed by atoms with Crippen LogP contribution in [-0.4, -0.2) is 42.5 Å². The van der Waals surface area contributed by atoms with Crippen molar-refractivity contribution in [1.82, 2.24) is 9.88 Å². The molecule has 2 aromatic rings. The van der Waals surface area contributed by atoms with Crippen molar-refractivity contribution in [2.24, 2.45) is 0 Å². The minimum atomic E-state index is -3.26. The number of rotatable bonds is 4. The molecule has 0 unspecified atom stereocenters. The first kappa shape index (κ1) is 15.7. The van der Waals surface area contributed by atoms with Gasteiger partial charge in [-0.2, -0.15) is 0 Å². The summed E-state index contributed by atoms with van der Waals surface area (Å²) in [5.74, 6) is 0.303. The van der Waals surface area contributed by atoms with Crippen molar-refractivity contribution in [3.05, 3.63) is 54.2 Å². The maximum Gasteiger partial charge on any atom is 0.253 e. The molecule has 1 fully saturated rings. The van der Waals surface area contributed by atoms with E-state index in [9.17, 15) is 13.2 Å². The summed E-state index contributed by atoms with van der Waals surface area (Å²) in [7, 11) is -3.26. The monoisotopic (exact) mass is 334 g/mol. The third-order valence-corrected chi connectivity index (χ3v) is 6.26. The molecule has 0 saturated carbocycles. The molecule has 1 aliphatic rings. The number of aromatic nitrogens is 1. The molecule has 0 radical (unpaired) electrons. The fourth-order valence-corrected chi connectivity index (χ4v) is 4.53. The number of sulfone groups is 1. The van der Waals surface area contributed by atoms with Gasteiger partial charge in [0.25, 0.3) is 5.91 Å². The molecule has 0 spiro atoms. The van der Waals surface area contributed by atoms with Crippen LogP contribution >= 0.6 is 0 Å². The normalized spacial score (nSPS) is 16.4. The van der Waals surface area contributed by atoms with Crippen LogP contribution in [0.2, 0.25) is 0 Å². The lowest BCUT2D eigenvalue weighted by molar-refractivity contribution is 0.0725. The molecular formula is C16H18N2O4S. The molecule has 0 atom stereocenters. The molecule has 0 aliphatic carbocycles. The molecule has 1 amide bonds. The van der Waals surface area contributed by atoms with Crippen LogP contribution in [0.25, 0.3) is 0 Å². The molecule has 122 valence electrons. The van der Waals surface area contributed by atoms with Gasteiger partial charge in [0.2, 0.25) is 0 Å². The number of hydrogen-bond acceptors (Lipinski definition) is 5. The summed E-state index contributed by atoms with van der Waals surface area (Å²) in [5, 5.41) is -0.422. The van der Waals surface area contributed by atoms with E-state index >= 15 is 0 Å². The molecule has 0 aromatic carbocycles. The second-order valence-corrected chi connectivity index (χ2v) is 7.90. The summed E-state index contributed by atoms with van der Waals surface area (Å²) in [6.07, 6.45) is 5.54. The highest BCUT2D eigenvalue weighted by molar-refractivity contribution is 7.91. The molecule has 3 rings (SSSR count). The van der Waals surface area contributed by atoms with E-state index in [0.29, 0.717) is 37.3 Å². The maximum atomic E-state index is 12.4. The molecular weight excluding hydrogens is 316 g/mol. The van der Waals surface area contributed by atoms with Crippen molar-refractivity contribution in [1.29, 1.82) is 0 Å². The third-order valence-electron chi connectivity index (χ3n) is 4.09. The Morgan fingerprint density at radius 2 is 1.91 bits per heavy atom. The smallest absolute Gasteiger partial charge is 0.253 e. The van der Waals surface area contributed by atoms with Gasteiger partial charge in [-0.05, 0) is 37.1 Å². The van der Waals surface area contributed by atoms with E-state index in [4.69, 9.17) is 4.42 Å². The lowest BCUT2D eigenvalue weighted by Gasteiger charge is -2.31. The number of furan rings is 1. The quantitative estimate of drug-likeness (QED) is 0.853. The van der Waals surface area contributed by atoms with Gasteiger partial charge in [-0.1, -0.05) is 0 Å². The van der Waals surface area contributed by atoms with E-state index in [2.05, 4.69) is 4.98 Å². The van der Waals surface area contributed by atoms with Crippen LogP contribution < -0.4 is 0 Å².